The van der Waals surface area contributed by atoms with Gasteiger partial charge in [-0.15, -0.1) is 0 Å². The van der Waals surface area contributed by atoms with E-state index < -0.39 is 33.7 Å². The minimum Gasteiger partial charge on any atom is -0.444 e. The van der Waals surface area contributed by atoms with Gasteiger partial charge in [-0.25, -0.2) is 14.4 Å². The number of imide groups is 1. The summed E-state index contributed by atoms with van der Waals surface area (Å²) in [6, 6.07) is 13.1. The second kappa shape index (κ2) is 11.2. The Morgan fingerprint density at radius 3 is 2.27 bits per heavy atom. The van der Waals surface area contributed by atoms with Gasteiger partial charge in [-0.3, -0.25) is 0 Å². The standard InChI is InChI=1S/C28H36ClN3O5/c1-19-10-9-15-32(19,24(33)28(5,36)22-11-7-6-8-12-22)25(34)30-18-21-16-23(29)14-13-20(21)17-31-26(35)37-27(2,3)4/h6-8,11-14,16,19,36H,9-10,15,17-18H2,1-5H3,(H-,30,31,34,35)/p+1/t19-,28+,32?/m1/s1. The number of carbonyl (C=O) groups is 3. The molecule has 3 rings (SSSR count). The lowest BCUT2D eigenvalue weighted by molar-refractivity contribution is -0.789. The highest BCUT2D eigenvalue weighted by atomic mass is 35.5. The largest absolute Gasteiger partial charge is 0.444 e. The van der Waals surface area contributed by atoms with Crippen molar-refractivity contribution in [2.24, 2.45) is 0 Å². The molecule has 3 N–H and O–H groups in total. The van der Waals surface area contributed by atoms with E-state index >= 15 is 0 Å². The van der Waals surface area contributed by atoms with Gasteiger partial charge < -0.3 is 20.5 Å². The number of benzene rings is 2. The third kappa shape index (κ3) is 6.50. The zero-order valence-corrected chi connectivity index (χ0v) is 22.9. The summed E-state index contributed by atoms with van der Waals surface area (Å²) in [6.07, 6.45) is 0.821. The quantitative estimate of drug-likeness (QED) is 0.455. The van der Waals surface area contributed by atoms with Crippen molar-refractivity contribution in [3.05, 3.63) is 70.2 Å². The number of ether oxygens (including phenoxy) is 1. The number of nitrogens with zero attached hydrogens (tertiary/aromatic N) is 1. The highest BCUT2D eigenvalue weighted by molar-refractivity contribution is 6.30. The van der Waals surface area contributed by atoms with Gasteiger partial charge in [0.1, 0.15) is 11.6 Å². The minimum atomic E-state index is -1.84. The van der Waals surface area contributed by atoms with Gasteiger partial charge in [0.15, 0.2) is 0 Å². The van der Waals surface area contributed by atoms with Crippen LogP contribution in [0.1, 0.15) is 64.2 Å². The molecule has 2 aromatic rings. The van der Waals surface area contributed by atoms with Crippen molar-refractivity contribution in [2.75, 3.05) is 6.54 Å². The van der Waals surface area contributed by atoms with E-state index in [1.807, 2.05) is 6.92 Å². The molecule has 0 radical (unpaired) electrons. The predicted molar refractivity (Wildman–Crippen MR) is 142 cm³/mol. The van der Waals surface area contributed by atoms with E-state index in [0.717, 1.165) is 5.56 Å². The maximum absolute atomic E-state index is 13.8. The van der Waals surface area contributed by atoms with Gasteiger partial charge in [0, 0.05) is 31.0 Å². The lowest BCUT2D eigenvalue weighted by atomic mass is 9.93. The van der Waals surface area contributed by atoms with Gasteiger partial charge in [0.25, 0.3) is 0 Å². The van der Waals surface area contributed by atoms with E-state index in [9.17, 15) is 19.5 Å². The van der Waals surface area contributed by atoms with Crippen LogP contribution in [0.25, 0.3) is 0 Å². The Balaban J connectivity index is 1.80. The van der Waals surface area contributed by atoms with Gasteiger partial charge in [-0.1, -0.05) is 48.0 Å². The third-order valence-corrected chi connectivity index (χ3v) is 7.02. The van der Waals surface area contributed by atoms with E-state index in [1.165, 1.54) is 6.92 Å². The van der Waals surface area contributed by atoms with Gasteiger partial charge in [0.2, 0.25) is 5.60 Å². The SMILES string of the molecule is C[C@@H]1CCC[N+]1(C(=O)NCc1cc(Cl)ccc1CNC(=O)OC(C)(C)C)C(=O)[C@@](C)(O)c1ccccc1. The number of carbonyl (C=O) groups excluding carboxylic acids is 3. The third-order valence-electron chi connectivity index (χ3n) is 6.78. The molecule has 0 aromatic heterocycles. The van der Waals surface area contributed by atoms with Crippen molar-refractivity contribution in [2.45, 2.75) is 77.8 Å². The molecule has 1 heterocycles. The Bertz CT molecular complexity index is 1150. The van der Waals surface area contributed by atoms with Gasteiger partial charge >= 0.3 is 18.0 Å². The summed E-state index contributed by atoms with van der Waals surface area (Å²) < 4.78 is 4.81. The van der Waals surface area contributed by atoms with E-state index in [0.29, 0.717) is 35.5 Å². The smallest absolute Gasteiger partial charge is 0.424 e. The normalized spacial score (nSPS) is 21.1. The van der Waals surface area contributed by atoms with Crippen LogP contribution in [-0.2, 0) is 28.2 Å². The second-order valence-corrected chi connectivity index (χ2v) is 11.2. The first kappa shape index (κ1) is 28.6. The van der Waals surface area contributed by atoms with Crippen LogP contribution in [0.15, 0.2) is 48.5 Å². The van der Waals surface area contributed by atoms with E-state index in [4.69, 9.17) is 16.3 Å². The highest BCUT2D eigenvalue weighted by Gasteiger charge is 2.58. The number of alkyl carbamates (subject to hydrolysis) is 1. The van der Waals surface area contributed by atoms with Crippen molar-refractivity contribution >= 4 is 29.6 Å². The number of rotatable bonds is 6. The van der Waals surface area contributed by atoms with Crippen LogP contribution in [0, 0.1) is 0 Å². The zero-order valence-electron chi connectivity index (χ0n) is 22.1. The molecule has 0 spiro atoms. The fourth-order valence-corrected chi connectivity index (χ4v) is 4.97. The molecule has 9 heteroatoms. The Kier molecular flexibility index (Phi) is 8.67. The van der Waals surface area contributed by atoms with Crippen LogP contribution in [0.5, 0.6) is 0 Å². The number of urea groups is 1. The van der Waals surface area contributed by atoms with Gasteiger partial charge in [0.05, 0.1) is 6.54 Å². The average Bonchev–Trinajstić information content (AvgIpc) is 3.22. The summed E-state index contributed by atoms with van der Waals surface area (Å²) in [7, 11) is 0. The summed E-state index contributed by atoms with van der Waals surface area (Å²) in [5.74, 6) is -0.556. The van der Waals surface area contributed by atoms with Crippen LogP contribution in [0.4, 0.5) is 9.59 Å². The van der Waals surface area contributed by atoms with E-state index in [1.54, 1.807) is 69.3 Å². The molecule has 1 saturated heterocycles. The zero-order chi connectivity index (χ0) is 27.4. The number of hydrogen-bond acceptors (Lipinski definition) is 5. The molecular formula is C28H37ClN3O5+. The summed E-state index contributed by atoms with van der Waals surface area (Å²) in [5.41, 5.74) is -0.577. The monoisotopic (exact) mass is 530 g/mol. The fraction of sp³-hybridized carbons (Fsp3) is 0.464. The summed E-state index contributed by atoms with van der Waals surface area (Å²) >= 11 is 6.22. The number of likely N-dealkylation sites (tertiary alicyclic amines) is 1. The average molecular weight is 531 g/mol. The molecular weight excluding hydrogens is 494 g/mol. The van der Waals surface area contributed by atoms with Crippen molar-refractivity contribution in [1.29, 1.82) is 0 Å². The first-order chi connectivity index (χ1) is 17.3. The highest BCUT2D eigenvalue weighted by Crippen LogP contribution is 2.35. The van der Waals surface area contributed by atoms with Crippen molar-refractivity contribution in [3.63, 3.8) is 0 Å². The van der Waals surface area contributed by atoms with Crippen LogP contribution in [0.3, 0.4) is 0 Å². The molecule has 37 heavy (non-hydrogen) atoms. The Morgan fingerprint density at radius 1 is 1.03 bits per heavy atom. The Morgan fingerprint density at radius 2 is 1.68 bits per heavy atom. The molecule has 2 aromatic carbocycles. The molecule has 4 amide bonds. The number of halogens is 1. The lowest BCUT2D eigenvalue weighted by Crippen LogP contribution is -2.67. The summed E-state index contributed by atoms with van der Waals surface area (Å²) in [4.78, 5) is 39.7. The number of quaternary nitrogens is 1. The maximum atomic E-state index is 13.8. The molecule has 0 aliphatic carbocycles. The minimum absolute atomic E-state index is 0.0954. The van der Waals surface area contributed by atoms with Crippen LogP contribution in [-0.4, -0.2) is 45.8 Å². The molecule has 1 aliphatic heterocycles. The molecule has 0 bridgehead atoms. The topological polar surface area (TPSA) is 105 Å². The van der Waals surface area contributed by atoms with Crippen LogP contribution < -0.4 is 10.6 Å². The lowest BCUT2D eigenvalue weighted by Gasteiger charge is -2.37. The summed E-state index contributed by atoms with van der Waals surface area (Å²) in [5, 5.41) is 17.4. The molecule has 1 aliphatic rings. The molecule has 3 atom stereocenters. The Labute approximate surface area is 223 Å². The number of hydrogen-bond donors (Lipinski definition) is 3. The molecule has 0 saturated carbocycles. The Hall–Kier alpha value is -2.94. The molecule has 1 unspecified atom stereocenters. The molecule has 8 nitrogen and oxygen atoms in total. The maximum Gasteiger partial charge on any atom is 0.424 e. The van der Waals surface area contributed by atoms with Gasteiger partial charge in [-0.05, 0) is 63.4 Å². The van der Waals surface area contributed by atoms with Crippen molar-refractivity contribution in [1.82, 2.24) is 10.6 Å². The van der Waals surface area contributed by atoms with Crippen molar-refractivity contribution in [3.8, 4) is 0 Å². The summed E-state index contributed by atoms with van der Waals surface area (Å²) in [6.45, 7) is 9.23. The first-order valence-corrected chi connectivity index (χ1v) is 12.9. The van der Waals surface area contributed by atoms with E-state index in [-0.39, 0.29) is 19.1 Å². The van der Waals surface area contributed by atoms with Crippen LogP contribution in [0.2, 0.25) is 5.02 Å². The van der Waals surface area contributed by atoms with E-state index in [2.05, 4.69) is 10.6 Å². The first-order valence-electron chi connectivity index (χ1n) is 12.5. The molecule has 200 valence electrons. The van der Waals surface area contributed by atoms with Crippen molar-refractivity contribution < 1.29 is 28.7 Å². The number of aliphatic hydroxyl groups is 1. The van der Waals surface area contributed by atoms with Gasteiger partial charge in [-0.2, -0.15) is 4.48 Å². The number of amides is 4. The molecule has 1 fully saturated rings. The number of nitrogens with one attached hydrogen (secondary N) is 2. The predicted octanol–water partition coefficient (Wildman–Crippen LogP) is 5.01. The fourth-order valence-electron chi connectivity index (χ4n) is 4.77. The second-order valence-electron chi connectivity index (χ2n) is 10.8. The van der Waals surface area contributed by atoms with Crippen LogP contribution >= 0.6 is 11.6 Å².